The molecule has 0 aliphatic carbocycles. The van der Waals surface area contributed by atoms with E-state index in [0.717, 1.165) is 32.1 Å². The largest absolute Gasteiger partial charge is 0.373 e. The first-order valence-corrected chi connectivity index (χ1v) is 6.46. The van der Waals surface area contributed by atoms with Crippen LogP contribution in [0.1, 0.15) is 32.1 Å². The minimum Gasteiger partial charge on any atom is -0.373 e. The standard InChI is InChI=1S/C13H23F4NO/c1-3-4-5-6-7-8-11(18-2)9-19-10-13(16,17)12(14)15/h3,11-12,18H,1,4-10H2,2H3. The molecule has 0 aliphatic heterocycles. The molecule has 0 aliphatic rings. The fraction of sp³-hybridized carbons (Fsp3) is 0.846. The lowest BCUT2D eigenvalue weighted by Crippen LogP contribution is -2.36. The second kappa shape index (κ2) is 10.2. The fourth-order valence-corrected chi connectivity index (χ4v) is 1.57. The highest BCUT2D eigenvalue weighted by atomic mass is 19.3. The molecular formula is C13H23F4NO. The summed E-state index contributed by atoms with van der Waals surface area (Å²) in [5.74, 6) is -4.07. The number of unbranched alkanes of at least 4 members (excludes halogenated alkanes) is 3. The van der Waals surface area contributed by atoms with Gasteiger partial charge in [0.25, 0.3) is 0 Å². The minimum atomic E-state index is -4.07. The van der Waals surface area contributed by atoms with Crippen LogP contribution in [-0.4, -0.2) is 38.7 Å². The average Bonchev–Trinajstić information content (AvgIpc) is 2.36. The Kier molecular flexibility index (Phi) is 9.87. The van der Waals surface area contributed by atoms with Crippen molar-refractivity contribution in [1.82, 2.24) is 5.32 Å². The summed E-state index contributed by atoms with van der Waals surface area (Å²) < 4.78 is 53.6. The highest BCUT2D eigenvalue weighted by Gasteiger charge is 2.41. The van der Waals surface area contributed by atoms with Crippen molar-refractivity contribution in [2.24, 2.45) is 0 Å². The first-order chi connectivity index (χ1) is 8.94. The molecule has 0 bridgehead atoms. The van der Waals surface area contributed by atoms with Crippen LogP contribution in [-0.2, 0) is 4.74 Å². The molecule has 0 radical (unpaired) electrons. The zero-order valence-corrected chi connectivity index (χ0v) is 11.3. The predicted octanol–water partition coefficient (Wildman–Crippen LogP) is 3.63. The summed E-state index contributed by atoms with van der Waals surface area (Å²) in [5.41, 5.74) is 0. The monoisotopic (exact) mass is 285 g/mol. The van der Waals surface area contributed by atoms with Gasteiger partial charge in [0.1, 0.15) is 6.61 Å². The molecule has 0 spiro atoms. The molecule has 0 fully saturated rings. The predicted molar refractivity (Wildman–Crippen MR) is 67.9 cm³/mol. The fourth-order valence-electron chi connectivity index (χ4n) is 1.57. The number of likely N-dealkylation sites (N-methyl/N-ethyl adjacent to an activating group) is 1. The van der Waals surface area contributed by atoms with Gasteiger partial charge in [0.05, 0.1) is 6.61 Å². The van der Waals surface area contributed by atoms with Crippen molar-refractivity contribution in [1.29, 1.82) is 0 Å². The molecule has 0 saturated heterocycles. The van der Waals surface area contributed by atoms with E-state index in [0.29, 0.717) is 0 Å². The molecule has 114 valence electrons. The Morgan fingerprint density at radius 2 is 1.95 bits per heavy atom. The Morgan fingerprint density at radius 1 is 1.26 bits per heavy atom. The zero-order chi connectivity index (χ0) is 14.7. The molecule has 0 heterocycles. The van der Waals surface area contributed by atoms with Crippen molar-refractivity contribution < 1.29 is 22.3 Å². The Labute approximate surface area is 112 Å². The summed E-state index contributed by atoms with van der Waals surface area (Å²) >= 11 is 0. The first kappa shape index (κ1) is 18.4. The third-order valence-corrected chi connectivity index (χ3v) is 2.80. The van der Waals surface area contributed by atoms with Crippen LogP contribution in [0.25, 0.3) is 0 Å². The van der Waals surface area contributed by atoms with Gasteiger partial charge in [0, 0.05) is 6.04 Å². The Bertz CT molecular complexity index is 237. The second-order valence-corrected chi connectivity index (χ2v) is 4.49. The quantitative estimate of drug-likeness (QED) is 0.336. The van der Waals surface area contributed by atoms with Crippen LogP contribution in [0.3, 0.4) is 0 Å². The normalized spacial score (nSPS) is 13.8. The highest BCUT2D eigenvalue weighted by Crippen LogP contribution is 2.22. The van der Waals surface area contributed by atoms with Crippen molar-refractivity contribution in [2.45, 2.75) is 50.5 Å². The maximum Gasteiger partial charge on any atom is 0.330 e. The van der Waals surface area contributed by atoms with Crippen LogP contribution in [0.2, 0.25) is 0 Å². The van der Waals surface area contributed by atoms with E-state index in [-0.39, 0.29) is 12.6 Å². The van der Waals surface area contributed by atoms with Gasteiger partial charge in [0.2, 0.25) is 0 Å². The van der Waals surface area contributed by atoms with Crippen molar-refractivity contribution in [2.75, 3.05) is 20.3 Å². The number of alkyl halides is 4. The summed E-state index contributed by atoms with van der Waals surface area (Å²) in [6, 6.07) is -0.0859. The smallest absolute Gasteiger partial charge is 0.330 e. The van der Waals surface area contributed by atoms with Gasteiger partial charge in [-0.25, -0.2) is 8.78 Å². The SMILES string of the molecule is C=CCCCCCC(COCC(F)(F)C(F)F)NC. The topological polar surface area (TPSA) is 21.3 Å². The van der Waals surface area contributed by atoms with Crippen LogP contribution in [0.4, 0.5) is 17.6 Å². The number of nitrogens with one attached hydrogen (secondary N) is 1. The Balaban J connectivity index is 3.73. The Morgan fingerprint density at radius 3 is 2.47 bits per heavy atom. The van der Waals surface area contributed by atoms with Gasteiger partial charge in [-0.3, -0.25) is 0 Å². The van der Waals surface area contributed by atoms with Gasteiger partial charge < -0.3 is 10.1 Å². The van der Waals surface area contributed by atoms with E-state index in [2.05, 4.69) is 16.6 Å². The Hall–Kier alpha value is -0.620. The summed E-state index contributed by atoms with van der Waals surface area (Å²) in [5, 5.41) is 2.93. The van der Waals surface area contributed by atoms with E-state index >= 15 is 0 Å². The third-order valence-electron chi connectivity index (χ3n) is 2.80. The molecule has 0 aromatic rings. The van der Waals surface area contributed by atoms with Crippen molar-refractivity contribution in [3.63, 3.8) is 0 Å². The van der Waals surface area contributed by atoms with Crippen LogP contribution in [0.5, 0.6) is 0 Å². The molecule has 1 N–H and O–H groups in total. The van der Waals surface area contributed by atoms with Gasteiger partial charge in [0.15, 0.2) is 0 Å². The lowest BCUT2D eigenvalue weighted by atomic mass is 10.1. The van der Waals surface area contributed by atoms with Gasteiger partial charge in [-0.05, 0) is 26.3 Å². The summed E-state index contributed by atoms with van der Waals surface area (Å²) in [6.45, 7) is 2.40. The molecule has 0 saturated carbocycles. The van der Waals surface area contributed by atoms with Gasteiger partial charge in [-0.1, -0.05) is 18.9 Å². The van der Waals surface area contributed by atoms with E-state index in [4.69, 9.17) is 0 Å². The number of rotatable bonds is 12. The summed E-state index contributed by atoms with van der Waals surface area (Å²) in [7, 11) is 1.70. The van der Waals surface area contributed by atoms with E-state index in [1.807, 2.05) is 6.08 Å². The molecule has 1 unspecified atom stereocenters. The maximum absolute atomic E-state index is 12.6. The molecule has 0 aromatic heterocycles. The van der Waals surface area contributed by atoms with Crippen LogP contribution in [0, 0.1) is 0 Å². The molecule has 0 aromatic carbocycles. The summed E-state index contributed by atoms with van der Waals surface area (Å²) in [6.07, 6.45) is 2.91. The molecule has 19 heavy (non-hydrogen) atoms. The van der Waals surface area contributed by atoms with Crippen LogP contribution in [0.15, 0.2) is 12.7 Å². The van der Waals surface area contributed by atoms with Crippen LogP contribution >= 0.6 is 0 Å². The highest BCUT2D eigenvalue weighted by molar-refractivity contribution is 4.70. The number of hydrogen-bond donors (Lipinski definition) is 1. The lowest BCUT2D eigenvalue weighted by molar-refractivity contribution is -0.167. The van der Waals surface area contributed by atoms with E-state index < -0.39 is 19.0 Å². The molecule has 2 nitrogen and oxygen atoms in total. The van der Waals surface area contributed by atoms with E-state index in [1.165, 1.54) is 0 Å². The molecule has 6 heteroatoms. The minimum absolute atomic E-state index is 0.0142. The van der Waals surface area contributed by atoms with Gasteiger partial charge >= 0.3 is 12.3 Å². The van der Waals surface area contributed by atoms with Crippen LogP contribution < -0.4 is 5.32 Å². The molecular weight excluding hydrogens is 262 g/mol. The number of hydrogen-bond acceptors (Lipinski definition) is 2. The third kappa shape index (κ3) is 8.99. The van der Waals surface area contributed by atoms with Crippen molar-refractivity contribution >= 4 is 0 Å². The molecule has 1 atom stereocenters. The average molecular weight is 285 g/mol. The van der Waals surface area contributed by atoms with Gasteiger partial charge in [-0.2, -0.15) is 8.78 Å². The zero-order valence-electron chi connectivity index (χ0n) is 11.3. The van der Waals surface area contributed by atoms with E-state index in [1.54, 1.807) is 7.05 Å². The second-order valence-electron chi connectivity index (χ2n) is 4.49. The number of allylic oxidation sites excluding steroid dienone is 1. The van der Waals surface area contributed by atoms with Crippen molar-refractivity contribution in [3.05, 3.63) is 12.7 Å². The molecule has 0 rings (SSSR count). The number of ether oxygens (including phenoxy) is 1. The molecule has 0 amide bonds. The maximum atomic E-state index is 12.6. The van der Waals surface area contributed by atoms with E-state index in [9.17, 15) is 17.6 Å². The number of halogens is 4. The summed E-state index contributed by atoms with van der Waals surface area (Å²) in [4.78, 5) is 0. The first-order valence-electron chi connectivity index (χ1n) is 6.46. The lowest BCUT2D eigenvalue weighted by Gasteiger charge is -2.19. The van der Waals surface area contributed by atoms with Gasteiger partial charge in [-0.15, -0.1) is 6.58 Å². The van der Waals surface area contributed by atoms with Crippen molar-refractivity contribution in [3.8, 4) is 0 Å².